The normalized spacial score (nSPS) is 10.3. The van der Waals surface area contributed by atoms with Crippen LogP contribution in [0.3, 0.4) is 0 Å². The highest BCUT2D eigenvalue weighted by Crippen LogP contribution is 2.36. The molecule has 9 heteroatoms. The van der Waals surface area contributed by atoms with Gasteiger partial charge < -0.3 is 20.1 Å². The molecule has 0 radical (unpaired) electrons. The number of nitro groups is 1. The molecule has 0 spiro atoms. The summed E-state index contributed by atoms with van der Waals surface area (Å²) in [5.41, 5.74) is 2.05. The van der Waals surface area contributed by atoms with Gasteiger partial charge in [0.1, 0.15) is 17.8 Å². The number of hydrogen-bond acceptors (Lipinski definition) is 8. The molecular formula is C20H21N5O4. The molecule has 3 aromatic rings. The number of benzene rings is 2. The Hall–Kier alpha value is -3.88. The molecule has 0 amide bonds. The zero-order chi connectivity index (χ0) is 20.8. The van der Waals surface area contributed by atoms with Gasteiger partial charge >= 0.3 is 5.69 Å². The molecule has 0 aliphatic rings. The van der Waals surface area contributed by atoms with Gasteiger partial charge in [0.25, 0.3) is 0 Å². The highest BCUT2D eigenvalue weighted by atomic mass is 16.6. The Morgan fingerprint density at radius 2 is 1.69 bits per heavy atom. The Bertz CT molecular complexity index is 1010. The summed E-state index contributed by atoms with van der Waals surface area (Å²) in [5.74, 6) is 1.17. The highest BCUT2D eigenvalue weighted by molar-refractivity contribution is 5.78. The van der Waals surface area contributed by atoms with E-state index in [0.717, 1.165) is 6.42 Å². The summed E-state index contributed by atoms with van der Waals surface area (Å²) in [7, 11) is 3.04. The first-order chi connectivity index (χ1) is 14.0. The summed E-state index contributed by atoms with van der Waals surface area (Å²) in [6.45, 7) is 2.06. The van der Waals surface area contributed by atoms with E-state index in [1.807, 2.05) is 24.3 Å². The van der Waals surface area contributed by atoms with Crippen molar-refractivity contribution in [1.29, 1.82) is 0 Å². The van der Waals surface area contributed by atoms with Gasteiger partial charge in [0.15, 0.2) is 0 Å². The van der Waals surface area contributed by atoms with Crippen molar-refractivity contribution >= 4 is 28.7 Å². The first-order valence-electron chi connectivity index (χ1n) is 8.90. The summed E-state index contributed by atoms with van der Waals surface area (Å²) >= 11 is 0. The zero-order valence-electron chi connectivity index (χ0n) is 16.3. The zero-order valence-corrected chi connectivity index (χ0v) is 16.3. The number of anilines is 4. The van der Waals surface area contributed by atoms with Crippen molar-refractivity contribution in [2.75, 3.05) is 24.9 Å². The fourth-order valence-electron chi connectivity index (χ4n) is 2.73. The van der Waals surface area contributed by atoms with Crippen molar-refractivity contribution in [3.63, 3.8) is 0 Å². The molecule has 1 heterocycles. The molecule has 29 heavy (non-hydrogen) atoms. The average Bonchev–Trinajstić information content (AvgIpc) is 2.74. The van der Waals surface area contributed by atoms with E-state index in [2.05, 4.69) is 27.5 Å². The van der Waals surface area contributed by atoms with Crippen LogP contribution in [0.15, 0.2) is 48.8 Å². The summed E-state index contributed by atoms with van der Waals surface area (Å²) in [6, 6.07) is 12.7. The van der Waals surface area contributed by atoms with Crippen molar-refractivity contribution in [2.24, 2.45) is 0 Å². The first-order valence-corrected chi connectivity index (χ1v) is 8.90. The summed E-state index contributed by atoms with van der Waals surface area (Å²) in [4.78, 5) is 19.4. The van der Waals surface area contributed by atoms with Crippen molar-refractivity contribution < 1.29 is 14.4 Å². The predicted molar refractivity (Wildman–Crippen MR) is 111 cm³/mol. The number of nitrogens with one attached hydrogen (secondary N) is 2. The number of rotatable bonds is 8. The van der Waals surface area contributed by atoms with Gasteiger partial charge in [-0.05, 0) is 36.2 Å². The van der Waals surface area contributed by atoms with Crippen LogP contribution in [0.1, 0.15) is 12.5 Å². The van der Waals surface area contributed by atoms with Crippen LogP contribution in [0, 0.1) is 10.1 Å². The lowest BCUT2D eigenvalue weighted by Gasteiger charge is -2.13. The van der Waals surface area contributed by atoms with Gasteiger partial charge in [-0.3, -0.25) is 10.1 Å². The second-order valence-corrected chi connectivity index (χ2v) is 6.04. The van der Waals surface area contributed by atoms with Crippen LogP contribution in [-0.4, -0.2) is 29.1 Å². The molecule has 0 aliphatic carbocycles. The van der Waals surface area contributed by atoms with E-state index in [9.17, 15) is 10.1 Å². The van der Waals surface area contributed by atoms with Crippen molar-refractivity contribution in [1.82, 2.24) is 9.97 Å². The molecule has 2 aromatic carbocycles. The number of ether oxygens (including phenoxy) is 2. The van der Waals surface area contributed by atoms with Crippen LogP contribution in [0.25, 0.3) is 0 Å². The molecule has 2 N–H and O–H groups in total. The van der Waals surface area contributed by atoms with Crippen LogP contribution in [0.5, 0.6) is 11.5 Å². The Kier molecular flexibility index (Phi) is 6.08. The summed E-state index contributed by atoms with van der Waals surface area (Å²) < 4.78 is 10.5. The molecule has 0 aliphatic heterocycles. The fraction of sp³-hybridized carbons (Fsp3) is 0.200. The second kappa shape index (κ2) is 8.87. The molecule has 0 saturated carbocycles. The molecule has 1 aromatic heterocycles. The van der Waals surface area contributed by atoms with Crippen molar-refractivity contribution in [2.45, 2.75) is 13.3 Å². The maximum absolute atomic E-state index is 11.8. The standard InChI is InChI=1S/C20H21N5O4/c1-4-13-5-7-14(8-6-13)23-19-18(25(26)27)20(22-12-21-19)24-16-11-15(28-2)9-10-17(16)29-3/h5-12H,4H2,1-3H3,(H2,21,22,23,24). The molecule has 3 rings (SSSR count). The molecule has 0 saturated heterocycles. The Morgan fingerprint density at radius 3 is 2.28 bits per heavy atom. The van der Waals surface area contributed by atoms with Gasteiger partial charge in [-0.15, -0.1) is 0 Å². The minimum absolute atomic E-state index is 0.0317. The number of aryl methyl sites for hydroxylation is 1. The summed E-state index contributed by atoms with van der Waals surface area (Å²) in [6.07, 6.45) is 2.16. The smallest absolute Gasteiger partial charge is 0.353 e. The number of aromatic nitrogens is 2. The number of hydrogen-bond donors (Lipinski definition) is 2. The molecule has 9 nitrogen and oxygen atoms in total. The van der Waals surface area contributed by atoms with Gasteiger partial charge in [0.2, 0.25) is 11.6 Å². The third-order valence-electron chi connectivity index (χ3n) is 4.29. The number of methoxy groups -OCH3 is 2. The molecular weight excluding hydrogens is 374 g/mol. The average molecular weight is 395 g/mol. The third-order valence-corrected chi connectivity index (χ3v) is 4.29. The summed E-state index contributed by atoms with van der Waals surface area (Å²) in [5, 5.41) is 17.7. The SMILES string of the molecule is CCc1ccc(Nc2ncnc(Nc3cc(OC)ccc3OC)c2[N+](=O)[O-])cc1. The Labute approximate surface area is 167 Å². The number of nitrogens with zero attached hydrogens (tertiary/aromatic N) is 3. The van der Waals surface area contributed by atoms with Crippen LogP contribution < -0.4 is 20.1 Å². The van der Waals surface area contributed by atoms with Gasteiger partial charge in [0.05, 0.1) is 24.8 Å². The van der Waals surface area contributed by atoms with Gasteiger partial charge in [0, 0.05) is 11.8 Å². The maximum atomic E-state index is 11.8. The second-order valence-electron chi connectivity index (χ2n) is 6.04. The maximum Gasteiger partial charge on any atom is 0.353 e. The molecule has 150 valence electrons. The Morgan fingerprint density at radius 1 is 1.00 bits per heavy atom. The fourth-order valence-corrected chi connectivity index (χ4v) is 2.73. The Balaban J connectivity index is 1.98. The van der Waals surface area contributed by atoms with E-state index in [0.29, 0.717) is 22.9 Å². The third kappa shape index (κ3) is 4.52. The minimum atomic E-state index is -0.530. The quantitative estimate of drug-likeness (QED) is 0.425. The first kappa shape index (κ1) is 19.9. The van der Waals surface area contributed by atoms with Crippen molar-refractivity contribution in [3.05, 3.63) is 64.5 Å². The van der Waals surface area contributed by atoms with Crippen molar-refractivity contribution in [3.8, 4) is 11.5 Å². The van der Waals surface area contributed by atoms with E-state index in [1.54, 1.807) is 18.2 Å². The van der Waals surface area contributed by atoms with E-state index >= 15 is 0 Å². The predicted octanol–water partition coefficient (Wildman–Crippen LogP) is 4.45. The monoisotopic (exact) mass is 395 g/mol. The van der Waals surface area contributed by atoms with Crippen LogP contribution in [-0.2, 0) is 6.42 Å². The topological polar surface area (TPSA) is 111 Å². The van der Waals surface area contributed by atoms with E-state index in [1.165, 1.54) is 26.1 Å². The van der Waals surface area contributed by atoms with Gasteiger partial charge in [-0.1, -0.05) is 19.1 Å². The molecule has 0 fully saturated rings. The van der Waals surface area contributed by atoms with E-state index < -0.39 is 4.92 Å². The molecule has 0 atom stereocenters. The van der Waals surface area contributed by atoms with Gasteiger partial charge in [-0.25, -0.2) is 9.97 Å². The lowest BCUT2D eigenvalue weighted by Crippen LogP contribution is -2.06. The van der Waals surface area contributed by atoms with Gasteiger partial charge in [-0.2, -0.15) is 0 Å². The lowest BCUT2D eigenvalue weighted by atomic mass is 10.1. The molecule has 0 bridgehead atoms. The lowest BCUT2D eigenvalue weighted by molar-refractivity contribution is -0.383. The van der Waals surface area contributed by atoms with Crippen LogP contribution >= 0.6 is 0 Å². The highest BCUT2D eigenvalue weighted by Gasteiger charge is 2.24. The van der Waals surface area contributed by atoms with Crippen LogP contribution in [0.4, 0.5) is 28.7 Å². The van der Waals surface area contributed by atoms with E-state index in [-0.39, 0.29) is 17.3 Å². The van der Waals surface area contributed by atoms with Crippen LogP contribution in [0.2, 0.25) is 0 Å². The minimum Gasteiger partial charge on any atom is -0.497 e. The largest absolute Gasteiger partial charge is 0.497 e. The van der Waals surface area contributed by atoms with E-state index in [4.69, 9.17) is 9.47 Å². The molecule has 0 unspecified atom stereocenters.